The molecule has 4 aromatic rings. The number of aromatic nitrogens is 4. The van der Waals surface area contributed by atoms with Crippen LogP contribution >= 0.6 is 0 Å². The van der Waals surface area contributed by atoms with Gasteiger partial charge in [-0.05, 0) is 77.8 Å². The number of methoxy groups -OCH3 is 1. The first-order valence-corrected chi connectivity index (χ1v) is 37.6. The van der Waals surface area contributed by atoms with Gasteiger partial charge in [-0.25, -0.2) is 0 Å². The van der Waals surface area contributed by atoms with Crippen LogP contribution in [0.1, 0.15) is 96.8 Å². The van der Waals surface area contributed by atoms with E-state index in [1.807, 2.05) is 21.6 Å². The molecule has 616 valence electrons. The Morgan fingerprint density at radius 1 is 0.405 bits per heavy atom. The Hall–Kier alpha value is -9.48. The predicted octanol–water partition coefficient (Wildman–Crippen LogP) is -4.23. The lowest BCUT2D eigenvalue weighted by molar-refractivity contribution is -0.122. The van der Waals surface area contributed by atoms with Crippen molar-refractivity contribution in [2.24, 2.45) is 5.73 Å². The first-order chi connectivity index (χ1) is 53.3. The lowest BCUT2D eigenvalue weighted by Crippen LogP contribution is -2.49. The Bertz CT molecular complexity index is 4030. The largest absolute Gasteiger partial charge is 0.502 e. The van der Waals surface area contributed by atoms with Crippen molar-refractivity contribution in [1.82, 2.24) is 80.4 Å². The number of nitrogens with zero attached hydrogens (tertiary/aromatic N) is 8. The van der Waals surface area contributed by atoms with E-state index in [-0.39, 0.29) is 164 Å². The van der Waals surface area contributed by atoms with Gasteiger partial charge in [-0.15, -0.1) is 0 Å². The minimum absolute atomic E-state index is 0.00126. The molecule has 12 rings (SSSR count). The van der Waals surface area contributed by atoms with Crippen molar-refractivity contribution in [3.05, 3.63) is 111 Å². The summed E-state index contributed by atoms with van der Waals surface area (Å²) in [6.45, 7) is 11.7. The first kappa shape index (κ1) is 90.4. The van der Waals surface area contributed by atoms with E-state index >= 15 is 0 Å². The Labute approximate surface area is 643 Å². The maximum Gasteiger partial charge on any atom is 0.294 e. The van der Waals surface area contributed by atoms with E-state index in [9.17, 15) is 78.0 Å². The fourth-order valence-corrected chi connectivity index (χ4v) is 12.4. The van der Waals surface area contributed by atoms with E-state index in [0.717, 1.165) is 24.7 Å². The van der Waals surface area contributed by atoms with Gasteiger partial charge in [-0.2, -0.15) is 0 Å². The van der Waals surface area contributed by atoms with Gasteiger partial charge < -0.3 is 111 Å². The molecule has 14 N–H and O–H groups in total. The van der Waals surface area contributed by atoms with Crippen LogP contribution in [0.4, 0.5) is 0 Å². The predicted molar refractivity (Wildman–Crippen MR) is 408 cm³/mol. The second-order valence-corrected chi connectivity index (χ2v) is 27.0. The maximum atomic E-state index is 14.5. The van der Waals surface area contributed by atoms with E-state index in [1.165, 1.54) is 52.0 Å². The molecule has 0 spiro atoms. The van der Waals surface area contributed by atoms with E-state index < -0.39 is 130 Å². The molecule has 7 amide bonds. The quantitative estimate of drug-likeness (QED) is 0.0296. The average molecular weight is 1560 g/mol. The molecule has 1 unspecified atom stereocenters. The number of nitrogens with two attached hydrogens (primary N) is 1. The molecule has 0 saturated heterocycles. The molecule has 8 aliphatic rings. The third kappa shape index (κ3) is 29.3. The molecule has 4 aromatic heterocycles. The zero-order valence-electron chi connectivity index (χ0n) is 64.6. The minimum Gasteiger partial charge on any atom is -0.502 e. The molecule has 8 bridgehead atoms. The highest BCUT2D eigenvalue weighted by molar-refractivity contribution is 5.99. The average Bonchev–Trinajstić information content (AvgIpc) is 0.824. The van der Waals surface area contributed by atoms with Crippen molar-refractivity contribution in [2.75, 3.05) is 204 Å². The van der Waals surface area contributed by atoms with E-state index in [2.05, 4.69) is 42.5 Å². The number of rotatable bonds is 24. The van der Waals surface area contributed by atoms with Crippen molar-refractivity contribution in [2.45, 2.75) is 92.5 Å². The monoisotopic (exact) mass is 1560 g/mol. The number of pyridine rings is 4. The van der Waals surface area contributed by atoms with Crippen molar-refractivity contribution >= 4 is 47.1 Å². The van der Waals surface area contributed by atoms with Gasteiger partial charge in [0.05, 0.1) is 88.2 Å². The van der Waals surface area contributed by atoms with Gasteiger partial charge in [0.15, 0.2) is 28.8 Å². The van der Waals surface area contributed by atoms with Gasteiger partial charge in [0.25, 0.3) is 45.9 Å². The second-order valence-electron chi connectivity index (χ2n) is 27.0. The molecule has 0 fully saturated rings. The van der Waals surface area contributed by atoms with Gasteiger partial charge in [0.2, 0.25) is 17.7 Å². The zero-order chi connectivity index (χ0) is 80.9. The number of amides is 7. The Balaban J connectivity index is 1.29. The third-order valence-electron chi connectivity index (χ3n) is 18.6. The molecule has 0 saturated carbocycles. The van der Waals surface area contributed by atoms with Gasteiger partial charge in [-0.3, -0.25) is 77.1 Å². The van der Waals surface area contributed by atoms with Crippen LogP contribution in [0.5, 0.6) is 23.0 Å². The first-order valence-electron chi connectivity index (χ1n) is 37.6. The number of hydrogen-bond acceptors (Lipinski definition) is 27. The topological polar surface area (TPSA) is 487 Å². The van der Waals surface area contributed by atoms with Crippen LogP contribution in [0.15, 0.2) is 43.4 Å². The van der Waals surface area contributed by atoms with Crippen molar-refractivity contribution in [1.29, 1.82) is 0 Å². The standard InChI is InChI=1S/C73H113N17O21/c1-7-30-108-35-36-109-31-28-84-19-12-75-43-54(91)45-87-49(2)39-55(62(95)70(87)103)66(99)79-16-23-83(24-17-80-67(100)56-40-50(3)88(71(104)63(56)96)46-59(92)76-13-20-84)26-27-86-25-18-81-68(101)57-41-51(4)89(72(105)64(57)97)47-60(93)77-14-21-85(29-32-110-37-38-111-34-33-107-6)22-15-78-61(94)48-90-52(5)42-58(65(98)73(90)106)69(102)82-53(44-86)10-8-9-11-74/h39-42,53,75,95-98H,7-38,43-48,74H2,1-6H3,(H,76,92)(H,77,93)(H,78,94)(H,79,99)(H,80,100)(H,81,101)(H,82,102). The number of aromatic hydroxyl groups is 4. The molecule has 0 radical (unpaired) electrons. The Morgan fingerprint density at radius 3 is 1.14 bits per heavy atom. The summed E-state index contributed by atoms with van der Waals surface area (Å²) in [7, 11) is 1.56. The molecule has 0 aromatic carbocycles. The highest BCUT2D eigenvalue weighted by Gasteiger charge is 2.28. The Morgan fingerprint density at radius 2 is 0.739 bits per heavy atom. The smallest absolute Gasteiger partial charge is 0.294 e. The summed E-state index contributed by atoms with van der Waals surface area (Å²) in [5, 5.41) is 67.9. The molecule has 12 heterocycles. The number of Topliss-reactive ketones (excluding diaryl/α,β-unsaturated/α-hetero) is 1. The number of hydrogen-bond donors (Lipinski definition) is 13. The van der Waals surface area contributed by atoms with Gasteiger partial charge in [0, 0.05) is 167 Å². The van der Waals surface area contributed by atoms with Gasteiger partial charge in [-0.1, -0.05) is 13.3 Å². The number of carbonyl (C=O) groups excluding carboxylic acids is 8. The van der Waals surface area contributed by atoms with Crippen LogP contribution in [0, 0.1) is 27.7 Å². The van der Waals surface area contributed by atoms with E-state index in [1.54, 1.807) is 12.0 Å². The summed E-state index contributed by atoms with van der Waals surface area (Å²) in [5.74, 6) is -9.28. The fraction of sp³-hybridized carbons (Fsp3) is 0.616. The van der Waals surface area contributed by atoms with Crippen LogP contribution in [0.25, 0.3) is 0 Å². The van der Waals surface area contributed by atoms with Crippen LogP contribution in [-0.2, 0) is 69.0 Å². The van der Waals surface area contributed by atoms with Crippen molar-refractivity contribution in [3.63, 3.8) is 0 Å². The number of nitrogens with one attached hydrogen (secondary N) is 8. The van der Waals surface area contributed by atoms with Crippen molar-refractivity contribution in [3.8, 4) is 23.0 Å². The Kier molecular flexibility index (Phi) is 38.8. The van der Waals surface area contributed by atoms with E-state index in [0.29, 0.717) is 91.8 Å². The number of ether oxygens (including phenoxy) is 5. The molecule has 0 aliphatic carbocycles. The summed E-state index contributed by atoms with van der Waals surface area (Å²) in [6.07, 6.45) is 2.12. The minimum atomic E-state index is -1.02. The molecule has 8 aliphatic heterocycles. The molecule has 1 atom stereocenters. The summed E-state index contributed by atoms with van der Waals surface area (Å²) < 4.78 is 31.6. The van der Waals surface area contributed by atoms with Gasteiger partial charge in [0.1, 0.15) is 19.6 Å². The summed E-state index contributed by atoms with van der Waals surface area (Å²) in [6, 6.07) is 4.30. The number of carbonyl (C=O) groups is 8. The van der Waals surface area contributed by atoms with E-state index in [4.69, 9.17) is 29.4 Å². The highest BCUT2D eigenvalue weighted by atomic mass is 16.5. The normalized spacial score (nSPS) is 17.6. The van der Waals surface area contributed by atoms with Crippen molar-refractivity contribution < 1.29 is 82.5 Å². The molecular weight excluding hydrogens is 1450 g/mol. The molecule has 38 heteroatoms. The third-order valence-corrected chi connectivity index (χ3v) is 18.6. The van der Waals surface area contributed by atoms with Gasteiger partial charge >= 0.3 is 0 Å². The number of ketones is 1. The maximum absolute atomic E-state index is 14.5. The second kappa shape index (κ2) is 47.7. The van der Waals surface area contributed by atoms with Crippen LogP contribution in [0.2, 0.25) is 0 Å². The van der Waals surface area contributed by atoms with Crippen LogP contribution < -0.4 is 70.5 Å². The van der Waals surface area contributed by atoms with Crippen LogP contribution in [-0.4, -0.2) is 315 Å². The molecular formula is C73H113N17O21. The molecule has 111 heavy (non-hydrogen) atoms. The zero-order valence-corrected chi connectivity index (χ0v) is 64.6. The lowest BCUT2D eigenvalue weighted by atomic mass is 10.1. The highest BCUT2D eigenvalue weighted by Crippen LogP contribution is 2.19. The number of aryl methyl sites for hydroxylation is 4. The lowest BCUT2D eigenvalue weighted by Gasteiger charge is -2.31. The summed E-state index contributed by atoms with van der Waals surface area (Å²) >= 11 is 0. The fourth-order valence-electron chi connectivity index (χ4n) is 12.4. The number of unbranched alkanes of at least 4 members (excludes halogenated alkanes) is 1. The molecule has 38 nitrogen and oxygen atoms in total. The SMILES string of the molecule is CCCOCCOCCN1CCNCC(=O)Cn2c(C)cc(c(O)c2=O)C(=O)NCCN(CCN2CCNC(=O)c3cc(C)n(c(=O)c3O)CC(=O)NCCN(CCOCCOCCOC)CCNC(=O)Cn3c(C)cc(c(O)c3=O)C(=O)NC(CCCCN)C2)CCNC(=O)c2cc(C)n(c(=O)c2O)CC(=O)NCC1. The van der Waals surface area contributed by atoms with Crippen LogP contribution in [0.3, 0.4) is 0 Å². The summed E-state index contributed by atoms with van der Waals surface area (Å²) in [5.41, 5.74) is 1.07. The summed E-state index contributed by atoms with van der Waals surface area (Å²) in [4.78, 5) is 173.